The predicted octanol–water partition coefficient (Wildman–Crippen LogP) is 0.516. The van der Waals surface area contributed by atoms with E-state index in [-0.39, 0.29) is 0 Å². The maximum Gasteiger partial charge on any atom is 0.225 e. The molecule has 2 aliphatic heterocycles. The Balaban J connectivity index is 1.46. The van der Waals surface area contributed by atoms with Crippen molar-refractivity contribution in [3.63, 3.8) is 0 Å². The first-order valence-corrected chi connectivity index (χ1v) is 9.00. The summed E-state index contributed by atoms with van der Waals surface area (Å²) in [4.78, 5) is 20.3. The maximum atomic E-state index is 4.48. The molecular formula is C17H29N7. The Hall–Kier alpha value is -1.89. The van der Waals surface area contributed by atoms with Crippen molar-refractivity contribution in [3.05, 3.63) is 18.5 Å². The Morgan fingerprint density at radius 2 is 1.96 bits per heavy atom. The molecule has 3 heterocycles. The zero-order valence-electron chi connectivity index (χ0n) is 14.9. The van der Waals surface area contributed by atoms with Crippen LogP contribution < -0.4 is 10.2 Å². The van der Waals surface area contributed by atoms with Gasteiger partial charge >= 0.3 is 0 Å². The van der Waals surface area contributed by atoms with Crippen LogP contribution in [0.1, 0.15) is 13.3 Å². The second-order valence-corrected chi connectivity index (χ2v) is 6.50. The fraction of sp³-hybridized carbons (Fsp3) is 0.706. The van der Waals surface area contributed by atoms with Crippen LogP contribution in [0.5, 0.6) is 0 Å². The highest BCUT2D eigenvalue weighted by Crippen LogP contribution is 2.15. The number of rotatable bonds is 4. The largest absolute Gasteiger partial charge is 0.356 e. The molecule has 7 nitrogen and oxygen atoms in total. The molecule has 0 saturated carbocycles. The third kappa shape index (κ3) is 4.14. The van der Waals surface area contributed by atoms with Crippen LogP contribution in [-0.2, 0) is 0 Å². The SMILES string of the molecule is CCN1CCC(CNC(=NC)N2CCN(c3ncccn3)CC2)C1. The molecule has 7 heteroatoms. The minimum Gasteiger partial charge on any atom is -0.356 e. The zero-order valence-corrected chi connectivity index (χ0v) is 14.9. The number of guanidine groups is 1. The summed E-state index contributed by atoms with van der Waals surface area (Å²) in [5, 5.41) is 3.58. The van der Waals surface area contributed by atoms with E-state index in [1.54, 1.807) is 12.4 Å². The first-order chi connectivity index (χ1) is 11.8. The van der Waals surface area contributed by atoms with Gasteiger partial charge in [0.1, 0.15) is 0 Å². The van der Waals surface area contributed by atoms with Gasteiger partial charge in [-0.25, -0.2) is 9.97 Å². The highest BCUT2D eigenvalue weighted by Gasteiger charge is 2.24. The first-order valence-electron chi connectivity index (χ1n) is 9.00. The Kier molecular flexibility index (Phi) is 5.85. The van der Waals surface area contributed by atoms with Crippen LogP contribution in [0.2, 0.25) is 0 Å². The summed E-state index contributed by atoms with van der Waals surface area (Å²) in [6.07, 6.45) is 4.89. The van der Waals surface area contributed by atoms with Gasteiger partial charge in [-0.05, 0) is 31.5 Å². The summed E-state index contributed by atoms with van der Waals surface area (Å²) < 4.78 is 0. The molecule has 1 aromatic heterocycles. The Morgan fingerprint density at radius 1 is 1.21 bits per heavy atom. The lowest BCUT2D eigenvalue weighted by Crippen LogP contribution is -2.53. The molecule has 0 aliphatic carbocycles. The number of nitrogens with zero attached hydrogens (tertiary/aromatic N) is 6. The molecular weight excluding hydrogens is 302 g/mol. The van der Waals surface area contributed by atoms with Crippen molar-refractivity contribution >= 4 is 11.9 Å². The van der Waals surface area contributed by atoms with Crippen LogP contribution in [0, 0.1) is 5.92 Å². The van der Waals surface area contributed by atoms with Crippen molar-refractivity contribution in [2.45, 2.75) is 13.3 Å². The quantitative estimate of drug-likeness (QED) is 0.641. The van der Waals surface area contributed by atoms with E-state index >= 15 is 0 Å². The van der Waals surface area contributed by atoms with Gasteiger partial charge < -0.3 is 20.0 Å². The van der Waals surface area contributed by atoms with Crippen molar-refractivity contribution in [1.82, 2.24) is 25.1 Å². The number of nitrogens with one attached hydrogen (secondary N) is 1. The van der Waals surface area contributed by atoms with E-state index in [1.807, 2.05) is 13.1 Å². The molecule has 24 heavy (non-hydrogen) atoms. The summed E-state index contributed by atoms with van der Waals surface area (Å²) in [6.45, 7) is 10.6. The topological polar surface area (TPSA) is 59.9 Å². The highest BCUT2D eigenvalue weighted by molar-refractivity contribution is 5.80. The average molecular weight is 331 g/mol. The van der Waals surface area contributed by atoms with E-state index in [1.165, 1.54) is 19.5 Å². The maximum absolute atomic E-state index is 4.48. The van der Waals surface area contributed by atoms with Crippen LogP contribution in [-0.4, -0.2) is 85.1 Å². The van der Waals surface area contributed by atoms with Crippen molar-refractivity contribution in [2.75, 3.05) is 64.3 Å². The normalized spacial score (nSPS) is 22.9. The number of aromatic nitrogens is 2. The minimum atomic E-state index is 0.737. The summed E-state index contributed by atoms with van der Waals surface area (Å²) in [7, 11) is 1.88. The monoisotopic (exact) mass is 331 g/mol. The molecule has 2 aliphatic rings. The van der Waals surface area contributed by atoms with Gasteiger partial charge in [0.15, 0.2) is 5.96 Å². The summed E-state index contributed by atoms with van der Waals surface area (Å²) in [5.74, 6) is 2.59. The Morgan fingerprint density at radius 3 is 2.58 bits per heavy atom. The Bertz CT molecular complexity index is 525. The van der Waals surface area contributed by atoms with E-state index in [2.05, 4.69) is 41.9 Å². The summed E-state index contributed by atoms with van der Waals surface area (Å²) in [6, 6.07) is 1.86. The van der Waals surface area contributed by atoms with Gasteiger partial charge in [0.05, 0.1) is 0 Å². The third-order valence-electron chi connectivity index (χ3n) is 4.99. The van der Waals surface area contributed by atoms with Crippen LogP contribution in [0.15, 0.2) is 23.5 Å². The lowest BCUT2D eigenvalue weighted by atomic mass is 10.1. The van der Waals surface area contributed by atoms with E-state index in [4.69, 9.17) is 0 Å². The predicted molar refractivity (Wildman–Crippen MR) is 97.4 cm³/mol. The van der Waals surface area contributed by atoms with E-state index in [9.17, 15) is 0 Å². The van der Waals surface area contributed by atoms with Gasteiger partial charge in [0, 0.05) is 58.7 Å². The highest BCUT2D eigenvalue weighted by atomic mass is 15.4. The second-order valence-electron chi connectivity index (χ2n) is 6.50. The van der Waals surface area contributed by atoms with E-state index in [0.29, 0.717) is 0 Å². The van der Waals surface area contributed by atoms with Crippen molar-refractivity contribution in [1.29, 1.82) is 0 Å². The molecule has 1 aromatic rings. The number of hydrogen-bond acceptors (Lipinski definition) is 5. The van der Waals surface area contributed by atoms with Crippen LogP contribution in [0.3, 0.4) is 0 Å². The fourth-order valence-corrected chi connectivity index (χ4v) is 3.51. The molecule has 0 aromatic carbocycles. The molecule has 0 amide bonds. The molecule has 1 unspecified atom stereocenters. The van der Waals surface area contributed by atoms with E-state index in [0.717, 1.165) is 57.1 Å². The molecule has 3 rings (SSSR count). The molecule has 2 fully saturated rings. The first kappa shape index (κ1) is 17.0. The van der Waals surface area contributed by atoms with Crippen molar-refractivity contribution < 1.29 is 0 Å². The van der Waals surface area contributed by atoms with Crippen molar-refractivity contribution in [3.8, 4) is 0 Å². The fourth-order valence-electron chi connectivity index (χ4n) is 3.51. The number of likely N-dealkylation sites (tertiary alicyclic amines) is 1. The molecule has 1 N–H and O–H groups in total. The number of aliphatic imine (C=N–C) groups is 1. The van der Waals surface area contributed by atoms with Gasteiger partial charge in [-0.1, -0.05) is 6.92 Å². The van der Waals surface area contributed by atoms with Crippen molar-refractivity contribution in [2.24, 2.45) is 10.9 Å². The standard InChI is InChI=1S/C17H29N7/c1-3-22-8-5-15(14-22)13-21-16(18-2)23-9-11-24(12-10-23)17-19-6-4-7-20-17/h4,6-7,15H,3,5,8-14H2,1-2H3,(H,18,21). The van der Waals surface area contributed by atoms with Gasteiger partial charge in [-0.2, -0.15) is 0 Å². The lowest BCUT2D eigenvalue weighted by molar-refractivity contribution is 0.337. The average Bonchev–Trinajstić information content (AvgIpc) is 3.12. The molecule has 0 spiro atoms. The molecule has 0 bridgehead atoms. The number of piperazine rings is 1. The smallest absolute Gasteiger partial charge is 0.225 e. The van der Waals surface area contributed by atoms with Crippen LogP contribution in [0.4, 0.5) is 5.95 Å². The zero-order chi connectivity index (χ0) is 16.8. The minimum absolute atomic E-state index is 0.737. The van der Waals surface area contributed by atoms with Gasteiger partial charge in [-0.15, -0.1) is 0 Å². The molecule has 2 saturated heterocycles. The number of hydrogen-bond donors (Lipinski definition) is 1. The van der Waals surface area contributed by atoms with Crippen LogP contribution >= 0.6 is 0 Å². The second kappa shape index (κ2) is 8.28. The molecule has 1 atom stereocenters. The van der Waals surface area contributed by atoms with Gasteiger partial charge in [-0.3, -0.25) is 4.99 Å². The Labute approximate surface area is 144 Å². The number of anilines is 1. The van der Waals surface area contributed by atoms with Crippen LogP contribution in [0.25, 0.3) is 0 Å². The molecule has 0 radical (unpaired) electrons. The van der Waals surface area contributed by atoms with E-state index < -0.39 is 0 Å². The third-order valence-corrected chi connectivity index (χ3v) is 4.99. The summed E-state index contributed by atoms with van der Waals surface area (Å²) >= 11 is 0. The summed E-state index contributed by atoms with van der Waals surface area (Å²) in [5.41, 5.74) is 0. The van der Waals surface area contributed by atoms with Gasteiger partial charge in [0.2, 0.25) is 5.95 Å². The van der Waals surface area contributed by atoms with Gasteiger partial charge in [0.25, 0.3) is 0 Å². The lowest BCUT2D eigenvalue weighted by Gasteiger charge is -2.36. The molecule has 132 valence electrons.